The Labute approximate surface area is 130 Å². The topological polar surface area (TPSA) is 58.4 Å². The van der Waals surface area contributed by atoms with Crippen LogP contribution in [0, 0.1) is 0 Å². The molecule has 118 valence electrons. The van der Waals surface area contributed by atoms with Crippen LogP contribution in [0.1, 0.15) is 31.9 Å². The molecule has 5 heteroatoms. The van der Waals surface area contributed by atoms with Gasteiger partial charge in [0.1, 0.15) is 5.69 Å². The van der Waals surface area contributed by atoms with Gasteiger partial charge in [-0.25, -0.2) is 0 Å². The summed E-state index contributed by atoms with van der Waals surface area (Å²) in [5.74, 6) is 0.160. The molecule has 0 spiro atoms. The normalized spacial score (nSPS) is 16.0. The zero-order valence-electron chi connectivity index (χ0n) is 13.0. The largest absolute Gasteiger partial charge is 0.356 e. The smallest absolute Gasteiger partial charge is 0.228 e. The molecule has 0 saturated carbocycles. The molecular weight excluding hydrogens is 278 g/mol. The maximum absolute atomic E-state index is 12.8. The number of hydrogen-bond donors (Lipinski definition) is 1. The van der Waals surface area contributed by atoms with Gasteiger partial charge in [-0.3, -0.25) is 4.79 Å². The van der Waals surface area contributed by atoms with Crippen LogP contribution in [0.5, 0.6) is 0 Å². The number of carbonyl (C=O) groups excluding carboxylic acids is 1. The molecule has 1 aliphatic rings. The first-order valence-electron chi connectivity index (χ1n) is 8.13. The van der Waals surface area contributed by atoms with Crippen LogP contribution < -0.4 is 5.32 Å². The number of benzene rings is 1. The highest BCUT2D eigenvalue weighted by Gasteiger charge is 2.25. The first-order valence-corrected chi connectivity index (χ1v) is 8.13. The molecule has 0 radical (unpaired) electrons. The zero-order valence-corrected chi connectivity index (χ0v) is 13.0. The molecule has 1 amide bonds. The van der Waals surface area contributed by atoms with Gasteiger partial charge in [0.25, 0.3) is 0 Å². The Morgan fingerprint density at radius 1 is 1.36 bits per heavy atom. The summed E-state index contributed by atoms with van der Waals surface area (Å²) in [6.45, 7) is 4.92. The van der Waals surface area contributed by atoms with Gasteiger partial charge in [-0.05, 0) is 44.5 Å². The summed E-state index contributed by atoms with van der Waals surface area (Å²) in [5.41, 5.74) is 1.49. The maximum Gasteiger partial charge on any atom is 0.228 e. The number of aromatic nitrogens is 1. The Morgan fingerprint density at radius 3 is 2.91 bits per heavy atom. The molecule has 0 aliphatic carbocycles. The van der Waals surface area contributed by atoms with E-state index in [2.05, 4.69) is 17.4 Å². The Bertz CT molecular complexity index is 632. The van der Waals surface area contributed by atoms with E-state index in [0.29, 0.717) is 12.5 Å². The number of nitrogens with zero attached hydrogens (tertiary/aromatic N) is 2. The number of piperidine rings is 1. The Balaban J connectivity index is 1.75. The van der Waals surface area contributed by atoms with Crippen molar-refractivity contribution in [2.75, 3.05) is 19.6 Å². The van der Waals surface area contributed by atoms with Crippen molar-refractivity contribution in [1.82, 2.24) is 15.4 Å². The Morgan fingerprint density at radius 2 is 2.14 bits per heavy atom. The lowest BCUT2D eigenvalue weighted by molar-refractivity contribution is -0.133. The highest BCUT2D eigenvalue weighted by molar-refractivity contribution is 5.86. The second-order valence-corrected chi connectivity index (χ2v) is 5.87. The van der Waals surface area contributed by atoms with E-state index in [0.717, 1.165) is 55.6 Å². The summed E-state index contributed by atoms with van der Waals surface area (Å²) in [4.78, 5) is 14.8. The molecule has 1 saturated heterocycles. The van der Waals surface area contributed by atoms with E-state index in [1.165, 1.54) is 0 Å². The summed E-state index contributed by atoms with van der Waals surface area (Å²) in [5, 5.41) is 8.39. The molecule has 2 heterocycles. The SMILES string of the molecule is CCCN(C(=O)Cc1noc2ccccc12)C1CCNCC1. The van der Waals surface area contributed by atoms with Gasteiger partial charge in [-0.2, -0.15) is 0 Å². The van der Waals surface area contributed by atoms with Gasteiger partial charge in [0.05, 0.1) is 6.42 Å². The fraction of sp³-hybridized carbons (Fsp3) is 0.529. The van der Waals surface area contributed by atoms with Gasteiger partial charge in [0.2, 0.25) is 5.91 Å². The Kier molecular flexibility index (Phi) is 4.73. The summed E-state index contributed by atoms with van der Waals surface area (Å²) >= 11 is 0. The summed E-state index contributed by atoms with van der Waals surface area (Å²) in [6.07, 6.45) is 3.37. The summed E-state index contributed by atoms with van der Waals surface area (Å²) in [7, 11) is 0. The second-order valence-electron chi connectivity index (χ2n) is 5.87. The minimum atomic E-state index is 0.160. The van der Waals surface area contributed by atoms with Crippen LogP contribution in [0.15, 0.2) is 28.8 Å². The van der Waals surface area contributed by atoms with Gasteiger partial charge in [-0.15, -0.1) is 0 Å². The number of fused-ring (bicyclic) bond motifs is 1. The third kappa shape index (κ3) is 3.14. The standard InChI is InChI=1S/C17H23N3O2/c1-2-11-20(13-7-9-18-10-8-13)17(21)12-15-14-5-3-4-6-16(14)22-19-15/h3-6,13,18H,2,7-12H2,1H3. The van der Waals surface area contributed by atoms with Crippen LogP contribution in [0.3, 0.4) is 0 Å². The minimum Gasteiger partial charge on any atom is -0.356 e. The van der Waals surface area contributed by atoms with Crippen molar-refractivity contribution in [2.24, 2.45) is 0 Å². The van der Waals surface area contributed by atoms with Crippen molar-refractivity contribution in [1.29, 1.82) is 0 Å². The van der Waals surface area contributed by atoms with Crippen LogP contribution >= 0.6 is 0 Å². The third-order valence-corrected chi connectivity index (χ3v) is 4.31. The van der Waals surface area contributed by atoms with Crippen LogP contribution in [0.25, 0.3) is 11.0 Å². The number of hydrogen-bond acceptors (Lipinski definition) is 4. The highest BCUT2D eigenvalue weighted by Crippen LogP contribution is 2.20. The summed E-state index contributed by atoms with van der Waals surface area (Å²) < 4.78 is 5.30. The van der Waals surface area contributed by atoms with Gasteiger partial charge in [-0.1, -0.05) is 24.2 Å². The molecule has 22 heavy (non-hydrogen) atoms. The average Bonchev–Trinajstić information content (AvgIpc) is 2.96. The quantitative estimate of drug-likeness (QED) is 0.921. The Hall–Kier alpha value is -1.88. The van der Waals surface area contributed by atoms with Crippen molar-refractivity contribution in [3.63, 3.8) is 0 Å². The first kappa shape index (κ1) is 15.0. The van der Waals surface area contributed by atoms with E-state index >= 15 is 0 Å². The van der Waals surface area contributed by atoms with Crippen molar-refractivity contribution >= 4 is 16.9 Å². The van der Waals surface area contributed by atoms with Crippen molar-refractivity contribution in [3.8, 4) is 0 Å². The van der Waals surface area contributed by atoms with Gasteiger partial charge in [0, 0.05) is 18.0 Å². The second kappa shape index (κ2) is 6.92. The fourth-order valence-corrected chi connectivity index (χ4v) is 3.18. The lowest BCUT2D eigenvalue weighted by Crippen LogP contribution is -2.47. The fourth-order valence-electron chi connectivity index (χ4n) is 3.18. The molecule has 1 aliphatic heterocycles. The van der Waals surface area contributed by atoms with Crippen LogP contribution in [0.4, 0.5) is 0 Å². The van der Waals surface area contributed by atoms with E-state index in [4.69, 9.17) is 4.52 Å². The molecule has 1 fully saturated rings. The average molecular weight is 301 g/mol. The van der Waals surface area contributed by atoms with Crippen molar-refractivity contribution in [3.05, 3.63) is 30.0 Å². The molecule has 1 aromatic carbocycles. The molecule has 1 aromatic heterocycles. The highest BCUT2D eigenvalue weighted by atomic mass is 16.5. The van der Waals surface area contributed by atoms with Gasteiger partial charge >= 0.3 is 0 Å². The van der Waals surface area contributed by atoms with E-state index < -0.39 is 0 Å². The van der Waals surface area contributed by atoms with Gasteiger partial charge in [0.15, 0.2) is 5.58 Å². The van der Waals surface area contributed by atoms with Gasteiger partial charge < -0.3 is 14.7 Å². The molecule has 3 rings (SSSR count). The lowest BCUT2D eigenvalue weighted by atomic mass is 10.0. The predicted octanol–water partition coefficient (Wildman–Crippen LogP) is 2.36. The van der Waals surface area contributed by atoms with Crippen molar-refractivity contribution in [2.45, 2.75) is 38.6 Å². The zero-order chi connectivity index (χ0) is 15.4. The number of para-hydroxylation sites is 1. The molecule has 2 aromatic rings. The first-order chi connectivity index (χ1) is 10.8. The molecular formula is C17H23N3O2. The van der Waals surface area contributed by atoms with Crippen LogP contribution in [-0.2, 0) is 11.2 Å². The minimum absolute atomic E-state index is 0.160. The van der Waals surface area contributed by atoms with E-state index in [1.807, 2.05) is 29.2 Å². The van der Waals surface area contributed by atoms with E-state index in [1.54, 1.807) is 0 Å². The maximum atomic E-state index is 12.8. The van der Waals surface area contributed by atoms with E-state index in [-0.39, 0.29) is 5.91 Å². The van der Waals surface area contributed by atoms with Crippen molar-refractivity contribution < 1.29 is 9.32 Å². The third-order valence-electron chi connectivity index (χ3n) is 4.31. The summed E-state index contributed by atoms with van der Waals surface area (Å²) in [6, 6.07) is 8.06. The molecule has 0 unspecified atom stereocenters. The van der Waals surface area contributed by atoms with Crippen LogP contribution in [0.2, 0.25) is 0 Å². The molecule has 5 nitrogen and oxygen atoms in total. The monoisotopic (exact) mass is 301 g/mol. The van der Waals surface area contributed by atoms with E-state index in [9.17, 15) is 4.79 Å². The molecule has 0 bridgehead atoms. The number of carbonyl (C=O) groups is 1. The lowest BCUT2D eigenvalue weighted by Gasteiger charge is -2.34. The molecule has 1 N–H and O–H groups in total. The number of amides is 1. The van der Waals surface area contributed by atoms with Crippen LogP contribution in [-0.4, -0.2) is 41.6 Å². The predicted molar refractivity (Wildman–Crippen MR) is 85.6 cm³/mol. The molecule has 0 atom stereocenters. The number of rotatable bonds is 5. The number of nitrogens with one attached hydrogen (secondary N) is 1.